The van der Waals surface area contributed by atoms with Crippen LogP contribution in [0.2, 0.25) is 0 Å². The molecule has 1 fully saturated rings. The van der Waals surface area contributed by atoms with E-state index >= 15 is 0 Å². The molecule has 2 unspecified atom stereocenters. The van der Waals surface area contributed by atoms with Gasteiger partial charge in [0.05, 0.1) is 12.2 Å². The Morgan fingerprint density at radius 3 is 2.75 bits per heavy atom. The van der Waals surface area contributed by atoms with Crippen molar-refractivity contribution in [2.75, 3.05) is 20.6 Å². The van der Waals surface area contributed by atoms with Gasteiger partial charge in [-0.3, -0.25) is 4.90 Å². The predicted octanol–water partition coefficient (Wildman–Crippen LogP) is 4.31. The van der Waals surface area contributed by atoms with Crippen molar-refractivity contribution in [3.8, 4) is 0 Å². The third-order valence-electron chi connectivity index (χ3n) is 4.89. The Labute approximate surface area is 155 Å². The number of carbonyl (C=O) groups excluding carboxylic acids is 1. The quantitative estimate of drug-likeness (QED) is 0.782. The number of benzene rings is 1. The number of halogens is 2. The van der Waals surface area contributed by atoms with Crippen LogP contribution in [0, 0.1) is 0 Å². The summed E-state index contributed by atoms with van der Waals surface area (Å²) in [6.07, 6.45) is 3.54. The van der Waals surface area contributed by atoms with E-state index in [1.54, 1.807) is 4.90 Å². The number of hydrogen-bond acceptors (Lipinski definition) is 2. The molecule has 2 atom stereocenters. The van der Waals surface area contributed by atoms with Gasteiger partial charge in [-0.05, 0) is 56.5 Å². The first-order chi connectivity index (χ1) is 11.5. The van der Waals surface area contributed by atoms with Crippen LogP contribution >= 0.6 is 23.2 Å². The van der Waals surface area contributed by atoms with Gasteiger partial charge >= 0.3 is 6.03 Å². The fourth-order valence-electron chi connectivity index (χ4n) is 3.40. The van der Waals surface area contributed by atoms with Crippen LogP contribution < -0.4 is 5.32 Å². The number of nitrogens with zero attached hydrogens (tertiary/aromatic N) is 2. The van der Waals surface area contributed by atoms with Crippen LogP contribution in [0.25, 0.3) is 0 Å². The Kier molecular flexibility index (Phi) is 7.20. The summed E-state index contributed by atoms with van der Waals surface area (Å²) in [5, 5.41) is 3.10. The number of alkyl halides is 2. The van der Waals surface area contributed by atoms with Crippen molar-refractivity contribution in [3.05, 3.63) is 34.9 Å². The van der Waals surface area contributed by atoms with Crippen LogP contribution in [0.3, 0.4) is 0 Å². The van der Waals surface area contributed by atoms with Gasteiger partial charge in [0.2, 0.25) is 0 Å². The minimum atomic E-state index is -0.120. The molecule has 1 heterocycles. The highest BCUT2D eigenvalue weighted by Gasteiger charge is 2.27. The summed E-state index contributed by atoms with van der Waals surface area (Å²) >= 11 is 12.1. The molecule has 134 valence electrons. The Hall–Kier alpha value is -0.970. The minimum Gasteiger partial charge on any atom is -0.331 e. The normalized spacial score (nSPS) is 19.8. The standard InChI is InChI=1S/C18H27Cl2N3O/c1-13(15-8-6-7-14(11-19)16(15)12-20)21-18(24)23(3)17-9-4-5-10-22(17)2/h6-8,13,17H,4-5,9-12H2,1-3H3,(H,21,24). The highest BCUT2D eigenvalue weighted by Crippen LogP contribution is 2.25. The first-order valence-corrected chi connectivity index (χ1v) is 9.52. The maximum Gasteiger partial charge on any atom is 0.318 e. The van der Waals surface area contributed by atoms with E-state index in [0.717, 1.165) is 36.1 Å². The topological polar surface area (TPSA) is 35.6 Å². The number of urea groups is 1. The number of nitrogens with one attached hydrogen (secondary N) is 1. The van der Waals surface area contributed by atoms with Gasteiger partial charge in [0, 0.05) is 18.8 Å². The SMILES string of the molecule is CC(NC(=O)N(C)C1CCCCN1C)c1cccc(CCl)c1CCl. The van der Waals surface area contributed by atoms with Crippen LogP contribution in [0.1, 0.15) is 48.9 Å². The molecule has 1 saturated heterocycles. The molecule has 1 aromatic carbocycles. The third-order valence-corrected chi connectivity index (χ3v) is 5.45. The van der Waals surface area contributed by atoms with Crippen molar-refractivity contribution in [2.24, 2.45) is 0 Å². The number of piperidine rings is 1. The summed E-state index contributed by atoms with van der Waals surface area (Å²) in [5.74, 6) is 0.809. The average Bonchev–Trinajstić information content (AvgIpc) is 2.60. The van der Waals surface area contributed by atoms with Gasteiger partial charge in [0.25, 0.3) is 0 Å². The molecule has 4 nitrogen and oxygen atoms in total. The molecular weight excluding hydrogens is 345 g/mol. The van der Waals surface area contributed by atoms with Crippen molar-refractivity contribution in [1.29, 1.82) is 0 Å². The average molecular weight is 372 g/mol. The van der Waals surface area contributed by atoms with Crippen molar-refractivity contribution in [2.45, 2.75) is 50.2 Å². The largest absolute Gasteiger partial charge is 0.331 e. The molecule has 6 heteroatoms. The Bertz CT molecular complexity index is 567. The summed E-state index contributed by atoms with van der Waals surface area (Å²) in [7, 11) is 3.94. The molecule has 24 heavy (non-hydrogen) atoms. The summed E-state index contributed by atoms with van der Waals surface area (Å²) < 4.78 is 0. The second-order valence-corrected chi connectivity index (χ2v) is 7.03. The van der Waals surface area contributed by atoms with Crippen molar-refractivity contribution < 1.29 is 4.79 Å². The maximum atomic E-state index is 12.7. The van der Waals surface area contributed by atoms with Crippen molar-refractivity contribution in [1.82, 2.24) is 15.1 Å². The molecule has 0 saturated carbocycles. The fourth-order valence-corrected chi connectivity index (χ4v) is 3.97. The van der Waals surface area contributed by atoms with Crippen LogP contribution in [0.4, 0.5) is 4.79 Å². The third kappa shape index (κ3) is 4.35. The first kappa shape index (κ1) is 19.4. The molecule has 1 aliphatic heterocycles. The highest BCUT2D eigenvalue weighted by atomic mass is 35.5. The lowest BCUT2D eigenvalue weighted by atomic mass is 9.98. The second-order valence-electron chi connectivity index (χ2n) is 6.49. The molecule has 0 aliphatic carbocycles. The number of carbonyl (C=O) groups is 1. The van der Waals surface area contributed by atoms with Crippen LogP contribution in [-0.4, -0.2) is 42.6 Å². The van der Waals surface area contributed by atoms with Crippen molar-refractivity contribution in [3.63, 3.8) is 0 Å². The Balaban J connectivity index is 2.08. The smallest absolute Gasteiger partial charge is 0.318 e. The summed E-state index contributed by atoms with van der Waals surface area (Å²) in [6.45, 7) is 3.02. The van der Waals surface area contributed by atoms with Gasteiger partial charge in [-0.1, -0.05) is 18.2 Å². The van der Waals surface area contributed by atoms with Gasteiger partial charge in [-0.25, -0.2) is 4.79 Å². The molecule has 2 amide bonds. The first-order valence-electron chi connectivity index (χ1n) is 8.45. The van der Waals surface area contributed by atoms with E-state index in [1.807, 2.05) is 32.2 Å². The Morgan fingerprint density at radius 1 is 1.38 bits per heavy atom. The lowest BCUT2D eigenvalue weighted by molar-refractivity contribution is 0.0697. The maximum absolute atomic E-state index is 12.7. The van der Waals surface area contributed by atoms with E-state index < -0.39 is 0 Å². The summed E-state index contributed by atoms with van der Waals surface area (Å²) in [6, 6.07) is 5.77. The molecule has 1 aliphatic rings. The van der Waals surface area contributed by atoms with E-state index in [9.17, 15) is 4.79 Å². The Morgan fingerprint density at radius 2 is 2.12 bits per heavy atom. The molecule has 0 radical (unpaired) electrons. The number of hydrogen-bond donors (Lipinski definition) is 1. The van der Waals surface area contributed by atoms with Crippen molar-refractivity contribution >= 4 is 29.2 Å². The number of likely N-dealkylation sites (tertiary alicyclic amines) is 1. The minimum absolute atomic E-state index is 0.0574. The molecule has 0 spiro atoms. The molecule has 1 N–H and O–H groups in total. The predicted molar refractivity (Wildman–Crippen MR) is 101 cm³/mol. The second kappa shape index (κ2) is 8.93. The highest BCUT2D eigenvalue weighted by molar-refractivity contribution is 6.18. The van der Waals surface area contributed by atoms with Gasteiger partial charge < -0.3 is 10.2 Å². The van der Waals surface area contributed by atoms with Crippen LogP contribution in [0.15, 0.2) is 18.2 Å². The number of amides is 2. The zero-order valence-electron chi connectivity index (χ0n) is 14.7. The molecule has 2 rings (SSSR count). The van der Waals surface area contributed by atoms with E-state index in [4.69, 9.17) is 23.2 Å². The zero-order valence-corrected chi connectivity index (χ0v) is 16.2. The van der Waals surface area contributed by atoms with Gasteiger partial charge in [0.15, 0.2) is 0 Å². The summed E-state index contributed by atoms with van der Waals surface area (Å²) in [5.41, 5.74) is 3.06. The molecule has 0 aromatic heterocycles. The van der Waals surface area contributed by atoms with Gasteiger partial charge in [-0.2, -0.15) is 0 Å². The van der Waals surface area contributed by atoms with E-state index in [-0.39, 0.29) is 18.2 Å². The summed E-state index contributed by atoms with van der Waals surface area (Å²) in [4.78, 5) is 16.7. The lowest BCUT2D eigenvalue weighted by Crippen LogP contribution is -2.52. The molecular formula is C18H27Cl2N3O. The van der Waals surface area contributed by atoms with Crippen LogP contribution in [0.5, 0.6) is 0 Å². The zero-order chi connectivity index (χ0) is 17.7. The number of rotatable bonds is 5. The van der Waals surface area contributed by atoms with E-state index in [1.165, 1.54) is 6.42 Å². The van der Waals surface area contributed by atoms with Crippen LogP contribution in [-0.2, 0) is 11.8 Å². The molecule has 1 aromatic rings. The van der Waals surface area contributed by atoms with E-state index in [0.29, 0.717) is 11.8 Å². The van der Waals surface area contributed by atoms with E-state index in [2.05, 4.69) is 17.3 Å². The fraction of sp³-hybridized carbons (Fsp3) is 0.611. The lowest BCUT2D eigenvalue weighted by Gasteiger charge is -2.39. The van der Waals surface area contributed by atoms with Gasteiger partial charge in [0.1, 0.15) is 0 Å². The van der Waals surface area contributed by atoms with Gasteiger partial charge in [-0.15, -0.1) is 23.2 Å². The molecule has 0 bridgehead atoms. The monoisotopic (exact) mass is 371 g/mol.